The Morgan fingerprint density at radius 2 is 2.23 bits per heavy atom. The summed E-state index contributed by atoms with van der Waals surface area (Å²) in [5, 5.41) is 9.06. The largest absolute Gasteiger partial charge is 0.504 e. The molecular formula is C9H8BrFO2. The van der Waals surface area contributed by atoms with Crippen molar-refractivity contribution in [2.45, 2.75) is 12.8 Å². The molecule has 0 atom stereocenters. The van der Waals surface area contributed by atoms with Gasteiger partial charge in [0.05, 0.1) is 4.47 Å². The predicted octanol–water partition coefficient (Wildman–Crippen LogP) is 2.43. The topological polar surface area (TPSA) is 37.3 Å². The van der Waals surface area contributed by atoms with Crippen LogP contribution in [0.25, 0.3) is 0 Å². The quantitative estimate of drug-likeness (QED) is 0.833. The van der Waals surface area contributed by atoms with E-state index in [4.69, 9.17) is 5.11 Å². The van der Waals surface area contributed by atoms with E-state index >= 15 is 0 Å². The SMILES string of the molecule is O=CCCc1cc(F)c(O)c(Br)c1. The summed E-state index contributed by atoms with van der Waals surface area (Å²) in [6.07, 6.45) is 1.62. The second-order valence-electron chi connectivity index (χ2n) is 2.61. The number of carbonyl (C=O) groups is 1. The fourth-order valence-electron chi connectivity index (χ4n) is 0.988. The Labute approximate surface area is 83.5 Å². The zero-order valence-electron chi connectivity index (χ0n) is 6.76. The first kappa shape index (κ1) is 10.2. The van der Waals surface area contributed by atoms with E-state index in [1.807, 2.05) is 0 Å². The summed E-state index contributed by atoms with van der Waals surface area (Å²) >= 11 is 3.01. The lowest BCUT2D eigenvalue weighted by Crippen LogP contribution is -1.89. The zero-order valence-corrected chi connectivity index (χ0v) is 8.34. The van der Waals surface area contributed by atoms with E-state index < -0.39 is 11.6 Å². The van der Waals surface area contributed by atoms with Gasteiger partial charge >= 0.3 is 0 Å². The van der Waals surface area contributed by atoms with Crippen LogP contribution in [0, 0.1) is 5.82 Å². The average Bonchev–Trinajstić information content (AvgIpc) is 2.10. The molecule has 0 saturated heterocycles. The number of aromatic hydroxyl groups is 1. The Hall–Kier alpha value is -0.900. The fraction of sp³-hybridized carbons (Fsp3) is 0.222. The van der Waals surface area contributed by atoms with Crippen molar-refractivity contribution in [3.63, 3.8) is 0 Å². The molecule has 0 unspecified atom stereocenters. The summed E-state index contributed by atoms with van der Waals surface area (Å²) in [5.41, 5.74) is 0.689. The van der Waals surface area contributed by atoms with Crippen molar-refractivity contribution < 1.29 is 14.3 Å². The molecule has 13 heavy (non-hydrogen) atoms. The van der Waals surface area contributed by atoms with Gasteiger partial charge in [-0.25, -0.2) is 4.39 Å². The normalized spacial score (nSPS) is 10.0. The number of halogens is 2. The molecule has 1 aromatic rings. The first-order valence-electron chi connectivity index (χ1n) is 3.75. The van der Waals surface area contributed by atoms with Crippen molar-refractivity contribution >= 4 is 22.2 Å². The Bertz CT molecular complexity index is 302. The lowest BCUT2D eigenvalue weighted by atomic mass is 10.1. The molecule has 0 saturated carbocycles. The minimum atomic E-state index is -0.671. The highest BCUT2D eigenvalue weighted by atomic mass is 79.9. The van der Waals surface area contributed by atoms with Gasteiger partial charge in [-0.2, -0.15) is 0 Å². The third-order valence-electron chi connectivity index (χ3n) is 1.63. The maximum atomic E-state index is 12.9. The van der Waals surface area contributed by atoms with Gasteiger partial charge in [0, 0.05) is 6.42 Å². The molecule has 2 nitrogen and oxygen atoms in total. The van der Waals surface area contributed by atoms with E-state index in [2.05, 4.69) is 15.9 Å². The minimum Gasteiger partial charge on any atom is -0.504 e. The van der Waals surface area contributed by atoms with Gasteiger partial charge in [-0.05, 0) is 40.0 Å². The molecule has 0 amide bonds. The fourth-order valence-corrected chi connectivity index (χ4v) is 1.47. The molecule has 0 aliphatic carbocycles. The number of phenols is 1. The van der Waals surface area contributed by atoms with Crippen molar-refractivity contribution in [1.29, 1.82) is 0 Å². The molecule has 0 aromatic heterocycles. The van der Waals surface area contributed by atoms with E-state index in [-0.39, 0.29) is 0 Å². The summed E-state index contributed by atoms with van der Waals surface area (Å²) in [6, 6.07) is 2.82. The Kier molecular flexibility index (Phi) is 3.42. The first-order valence-corrected chi connectivity index (χ1v) is 4.55. The highest BCUT2D eigenvalue weighted by Crippen LogP contribution is 2.28. The van der Waals surface area contributed by atoms with Crippen molar-refractivity contribution in [2.24, 2.45) is 0 Å². The maximum Gasteiger partial charge on any atom is 0.166 e. The van der Waals surface area contributed by atoms with Crippen LogP contribution < -0.4 is 0 Å². The average molecular weight is 247 g/mol. The third-order valence-corrected chi connectivity index (χ3v) is 2.23. The molecule has 0 aliphatic heterocycles. The van der Waals surface area contributed by atoms with Crippen LogP contribution >= 0.6 is 15.9 Å². The summed E-state index contributed by atoms with van der Waals surface area (Å²) in [6.45, 7) is 0. The number of hydrogen-bond acceptors (Lipinski definition) is 2. The van der Waals surface area contributed by atoms with Crippen LogP contribution in [0.5, 0.6) is 5.75 Å². The minimum absolute atomic E-state index is 0.313. The second kappa shape index (κ2) is 4.37. The van der Waals surface area contributed by atoms with Crippen LogP contribution in [-0.4, -0.2) is 11.4 Å². The number of phenolic OH excluding ortho intramolecular Hbond substituents is 1. The van der Waals surface area contributed by atoms with E-state index in [1.165, 1.54) is 6.07 Å². The van der Waals surface area contributed by atoms with Crippen LogP contribution in [0.2, 0.25) is 0 Å². The van der Waals surface area contributed by atoms with Gasteiger partial charge in [-0.3, -0.25) is 0 Å². The van der Waals surface area contributed by atoms with Crippen LogP contribution in [0.15, 0.2) is 16.6 Å². The summed E-state index contributed by atoms with van der Waals surface area (Å²) in [7, 11) is 0. The van der Waals surface area contributed by atoms with Crippen molar-refractivity contribution in [2.75, 3.05) is 0 Å². The van der Waals surface area contributed by atoms with Crippen molar-refractivity contribution in [3.05, 3.63) is 28.0 Å². The maximum absolute atomic E-state index is 12.9. The predicted molar refractivity (Wildman–Crippen MR) is 50.1 cm³/mol. The molecule has 0 bridgehead atoms. The lowest BCUT2D eigenvalue weighted by molar-refractivity contribution is -0.107. The molecule has 0 spiro atoms. The molecule has 4 heteroatoms. The molecule has 0 fully saturated rings. The van der Waals surface area contributed by atoms with Gasteiger partial charge in [0.25, 0.3) is 0 Å². The number of aryl methyl sites for hydroxylation is 1. The standard InChI is InChI=1S/C9H8BrFO2/c10-7-4-6(2-1-3-12)5-8(11)9(7)13/h3-5,13H,1-2H2. The van der Waals surface area contributed by atoms with E-state index in [1.54, 1.807) is 6.07 Å². The van der Waals surface area contributed by atoms with Gasteiger partial charge in [0.1, 0.15) is 6.29 Å². The monoisotopic (exact) mass is 246 g/mol. The molecule has 1 N–H and O–H groups in total. The summed E-state index contributed by atoms with van der Waals surface area (Å²) in [4.78, 5) is 10.1. The second-order valence-corrected chi connectivity index (χ2v) is 3.47. The number of rotatable bonds is 3. The van der Waals surface area contributed by atoms with Gasteiger partial charge in [0.2, 0.25) is 0 Å². The van der Waals surface area contributed by atoms with E-state index in [0.29, 0.717) is 22.9 Å². The van der Waals surface area contributed by atoms with Gasteiger partial charge < -0.3 is 9.90 Å². The molecule has 0 radical (unpaired) electrons. The van der Waals surface area contributed by atoms with Crippen LogP contribution in [0.3, 0.4) is 0 Å². The van der Waals surface area contributed by atoms with Gasteiger partial charge in [-0.15, -0.1) is 0 Å². The Balaban J connectivity index is 2.92. The molecule has 70 valence electrons. The van der Waals surface area contributed by atoms with Crippen molar-refractivity contribution in [3.8, 4) is 5.75 Å². The highest BCUT2D eigenvalue weighted by Gasteiger charge is 2.06. The number of carbonyl (C=O) groups excluding carboxylic acids is 1. The molecular weight excluding hydrogens is 239 g/mol. The van der Waals surface area contributed by atoms with Gasteiger partial charge in [0.15, 0.2) is 11.6 Å². The molecule has 1 aromatic carbocycles. The van der Waals surface area contributed by atoms with E-state index in [9.17, 15) is 9.18 Å². The number of benzene rings is 1. The molecule has 0 heterocycles. The third kappa shape index (κ3) is 2.52. The van der Waals surface area contributed by atoms with E-state index in [0.717, 1.165) is 6.29 Å². The summed E-state index contributed by atoms with van der Waals surface area (Å²) < 4.78 is 13.2. The Morgan fingerprint density at radius 1 is 1.54 bits per heavy atom. The smallest absolute Gasteiger partial charge is 0.166 e. The molecule has 1 rings (SSSR count). The zero-order chi connectivity index (χ0) is 9.84. The van der Waals surface area contributed by atoms with Crippen molar-refractivity contribution in [1.82, 2.24) is 0 Å². The first-order chi connectivity index (χ1) is 6.15. The van der Waals surface area contributed by atoms with Crippen LogP contribution in [0.4, 0.5) is 4.39 Å². The van der Waals surface area contributed by atoms with Crippen LogP contribution in [0.1, 0.15) is 12.0 Å². The Morgan fingerprint density at radius 3 is 2.77 bits per heavy atom. The van der Waals surface area contributed by atoms with Crippen LogP contribution in [-0.2, 0) is 11.2 Å². The van der Waals surface area contributed by atoms with Gasteiger partial charge in [-0.1, -0.05) is 0 Å². The number of hydrogen-bond donors (Lipinski definition) is 1. The highest BCUT2D eigenvalue weighted by molar-refractivity contribution is 9.10. The number of aldehydes is 1. The lowest BCUT2D eigenvalue weighted by Gasteiger charge is -2.02. The molecule has 0 aliphatic rings. The summed E-state index contributed by atoms with van der Waals surface area (Å²) in [5.74, 6) is -1.06.